The highest BCUT2D eigenvalue weighted by atomic mass is 16.2. The zero-order chi connectivity index (χ0) is 15.3. The van der Waals surface area contributed by atoms with Gasteiger partial charge in [0.2, 0.25) is 5.91 Å². The van der Waals surface area contributed by atoms with Crippen molar-refractivity contribution in [2.24, 2.45) is 0 Å². The molecule has 1 aromatic rings. The summed E-state index contributed by atoms with van der Waals surface area (Å²) in [4.78, 5) is 19.4. The molecule has 2 fully saturated rings. The number of carbonyl (C=O) groups is 1. The topological polar surface area (TPSA) is 63.1 Å². The van der Waals surface area contributed by atoms with Gasteiger partial charge in [-0.25, -0.2) is 4.98 Å². The molecule has 0 spiro atoms. The van der Waals surface area contributed by atoms with E-state index in [0.717, 1.165) is 25.9 Å². The lowest BCUT2D eigenvalue weighted by Gasteiger charge is -2.46. The number of hydrogen-bond acceptors (Lipinski definition) is 4. The normalized spacial score (nSPS) is 22.4. The highest BCUT2D eigenvalue weighted by molar-refractivity contribution is 5.86. The van der Waals surface area contributed by atoms with E-state index in [9.17, 15) is 4.79 Å². The Hall–Kier alpha value is -1.43. The van der Waals surface area contributed by atoms with E-state index in [1.54, 1.807) is 11.0 Å². The van der Waals surface area contributed by atoms with Crippen LogP contribution in [0.2, 0.25) is 0 Å². The molecule has 1 saturated carbocycles. The van der Waals surface area contributed by atoms with Gasteiger partial charge in [0.25, 0.3) is 0 Å². The van der Waals surface area contributed by atoms with Gasteiger partial charge in [0.15, 0.2) is 0 Å². The zero-order valence-electron chi connectivity index (χ0n) is 13.3. The molecule has 3 rings (SSSR count). The number of amides is 1. The van der Waals surface area contributed by atoms with E-state index < -0.39 is 0 Å². The lowest BCUT2D eigenvalue weighted by Crippen LogP contribution is -2.61. The molecule has 0 bridgehead atoms. The average molecular weight is 305 g/mol. The van der Waals surface area contributed by atoms with Crippen molar-refractivity contribution in [1.82, 2.24) is 25.0 Å². The Bertz CT molecular complexity index is 461. The molecule has 0 radical (unpaired) electrons. The van der Waals surface area contributed by atoms with Crippen molar-refractivity contribution >= 4 is 5.91 Å². The van der Waals surface area contributed by atoms with E-state index in [1.165, 1.54) is 44.9 Å². The van der Waals surface area contributed by atoms with Gasteiger partial charge in [-0.05, 0) is 38.8 Å². The first kappa shape index (κ1) is 15.5. The van der Waals surface area contributed by atoms with Crippen LogP contribution in [-0.4, -0.2) is 50.7 Å². The smallest absolute Gasteiger partial charge is 0.240 e. The Morgan fingerprint density at radius 3 is 2.50 bits per heavy atom. The van der Waals surface area contributed by atoms with E-state index in [2.05, 4.69) is 20.3 Å². The van der Waals surface area contributed by atoms with Crippen LogP contribution in [0.4, 0.5) is 0 Å². The number of nitrogens with zero attached hydrogens (tertiary/aromatic N) is 4. The second-order valence-electron chi connectivity index (χ2n) is 6.55. The lowest BCUT2D eigenvalue weighted by atomic mass is 9.78. The molecule has 2 heterocycles. The van der Waals surface area contributed by atoms with Crippen LogP contribution < -0.4 is 5.32 Å². The van der Waals surface area contributed by atoms with Gasteiger partial charge in [-0.1, -0.05) is 25.7 Å². The molecule has 1 aliphatic heterocycles. The highest BCUT2D eigenvalue weighted by Gasteiger charge is 2.44. The SMILES string of the molecule is O=C(NCCn1cncn1)C1(N2CCCCC2)CCCCC1. The predicted octanol–water partition coefficient (Wildman–Crippen LogP) is 1.58. The van der Waals surface area contributed by atoms with Crippen LogP contribution in [0.15, 0.2) is 12.7 Å². The van der Waals surface area contributed by atoms with Crippen molar-refractivity contribution in [3.05, 3.63) is 12.7 Å². The number of likely N-dealkylation sites (tertiary alicyclic amines) is 1. The molecule has 1 aliphatic carbocycles. The molecular formula is C16H27N5O. The standard InChI is InChI=1S/C16H27N5O/c22-15(18-9-12-21-14-17-13-19-21)16(7-3-1-4-8-16)20-10-5-2-6-11-20/h13-14H,1-12H2,(H,18,22). The van der Waals surface area contributed by atoms with E-state index in [0.29, 0.717) is 13.1 Å². The summed E-state index contributed by atoms with van der Waals surface area (Å²) in [5.41, 5.74) is -0.249. The maximum Gasteiger partial charge on any atom is 0.240 e. The first-order valence-electron chi connectivity index (χ1n) is 8.67. The minimum absolute atomic E-state index is 0.231. The summed E-state index contributed by atoms with van der Waals surface area (Å²) in [6, 6.07) is 0. The number of nitrogens with one attached hydrogen (secondary N) is 1. The molecule has 2 aliphatic rings. The van der Waals surface area contributed by atoms with E-state index >= 15 is 0 Å². The van der Waals surface area contributed by atoms with Crippen LogP contribution in [0, 0.1) is 0 Å². The molecule has 0 atom stereocenters. The molecule has 0 unspecified atom stereocenters. The molecule has 1 N–H and O–H groups in total. The van der Waals surface area contributed by atoms with E-state index in [1.807, 2.05) is 0 Å². The Morgan fingerprint density at radius 1 is 1.09 bits per heavy atom. The minimum atomic E-state index is -0.249. The van der Waals surface area contributed by atoms with Crippen LogP contribution in [0.25, 0.3) is 0 Å². The van der Waals surface area contributed by atoms with Crippen LogP contribution in [0.3, 0.4) is 0 Å². The van der Waals surface area contributed by atoms with Gasteiger partial charge in [0.1, 0.15) is 18.2 Å². The average Bonchev–Trinajstić information content (AvgIpc) is 3.09. The fourth-order valence-electron chi connectivity index (χ4n) is 3.94. The molecule has 22 heavy (non-hydrogen) atoms. The summed E-state index contributed by atoms with van der Waals surface area (Å²) >= 11 is 0. The third kappa shape index (κ3) is 3.32. The second-order valence-corrected chi connectivity index (χ2v) is 6.55. The number of rotatable bonds is 5. The number of piperidine rings is 1. The molecule has 6 nitrogen and oxygen atoms in total. The molecule has 1 amide bonds. The second kappa shape index (κ2) is 7.22. The Balaban J connectivity index is 1.61. The molecule has 1 aromatic heterocycles. The molecule has 1 saturated heterocycles. The van der Waals surface area contributed by atoms with Crippen molar-refractivity contribution in [3.63, 3.8) is 0 Å². The summed E-state index contributed by atoms with van der Waals surface area (Å²) in [5.74, 6) is 0.231. The predicted molar refractivity (Wildman–Crippen MR) is 84.3 cm³/mol. The van der Waals surface area contributed by atoms with Crippen LogP contribution in [0.1, 0.15) is 51.4 Å². The fourth-order valence-corrected chi connectivity index (χ4v) is 3.94. The maximum atomic E-state index is 12.9. The number of hydrogen-bond donors (Lipinski definition) is 1. The number of carbonyl (C=O) groups excluding carboxylic acids is 1. The Kier molecular flexibility index (Phi) is 5.08. The highest BCUT2D eigenvalue weighted by Crippen LogP contribution is 2.35. The molecule has 122 valence electrons. The van der Waals surface area contributed by atoms with Gasteiger partial charge >= 0.3 is 0 Å². The van der Waals surface area contributed by atoms with E-state index in [-0.39, 0.29) is 11.4 Å². The first-order chi connectivity index (χ1) is 10.8. The number of aromatic nitrogens is 3. The maximum absolute atomic E-state index is 12.9. The molecule has 6 heteroatoms. The lowest BCUT2D eigenvalue weighted by molar-refractivity contribution is -0.137. The van der Waals surface area contributed by atoms with Gasteiger partial charge in [-0.3, -0.25) is 14.4 Å². The first-order valence-corrected chi connectivity index (χ1v) is 8.67. The van der Waals surface area contributed by atoms with Crippen molar-refractivity contribution in [3.8, 4) is 0 Å². The van der Waals surface area contributed by atoms with Gasteiger partial charge in [0, 0.05) is 6.54 Å². The van der Waals surface area contributed by atoms with Crippen molar-refractivity contribution < 1.29 is 4.79 Å². The summed E-state index contributed by atoms with van der Waals surface area (Å²) < 4.78 is 1.76. The Morgan fingerprint density at radius 2 is 1.82 bits per heavy atom. The summed E-state index contributed by atoms with van der Waals surface area (Å²) in [6.07, 6.45) is 12.6. The van der Waals surface area contributed by atoms with E-state index in [4.69, 9.17) is 0 Å². The summed E-state index contributed by atoms with van der Waals surface area (Å²) in [7, 11) is 0. The minimum Gasteiger partial charge on any atom is -0.353 e. The van der Waals surface area contributed by atoms with Crippen LogP contribution in [0.5, 0.6) is 0 Å². The third-order valence-electron chi connectivity index (χ3n) is 5.16. The molecular weight excluding hydrogens is 278 g/mol. The van der Waals surface area contributed by atoms with Crippen molar-refractivity contribution in [1.29, 1.82) is 0 Å². The summed E-state index contributed by atoms with van der Waals surface area (Å²) in [6.45, 7) is 3.46. The monoisotopic (exact) mass is 305 g/mol. The largest absolute Gasteiger partial charge is 0.353 e. The van der Waals surface area contributed by atoms with Crippen LogP contribution >= 0.6 is 0 Å². The quantitative estimate of drug-likeness (QED) is 0.897. The van der Waals surface area contributed by atoms with Gasteiger partial charge in [0.05, 0.1) is 6.54 Å². The zero-order valence-corrected chi connectivity index (χ0v) is 13.3. The van der Waals surface area contributed by atoms with Crippen LogP contribution in [-0.2, 0) is 11.3 Å². The Labute approximate surface area is 132 Å². The van der Waals surface area contributed by atoms with Gasteiger partial charge < -0.3 is 5.32 Å². The summed E-state index contributed by atoms with van der Waals surface area (Å²) in [5, 5.41) is 7.24. The van der Waals surface area contributed by atoms with Gasteiger partial charge in [-0.15, -0.1) is 0 Å². The van der Waals surface area contributed by atoms with Crippen molar-refractivity contribution in [2.45, 2.75) is 63.5 Å². The third-order valence-corrected chi connectivity index (χ3v) is 5.16. The fraction of sp³-hybridized carbons (Fsp3) is 0.812. The van der Waals surface area contributed by atoms with Crippen molar-refractivity contribution in [2.75, 3.05) is 19.6 Å². The van der Waals surface area contributed by atoms with Gasteiger partial charge in [-0.2, -0.15) is 5.10 Å². The molecule has 0 aromatic carbocycles.